The van der Waals surface area contributed by atoms with Gasteiger partial charge in [0.15, 0.2) is 5.96 Å². The van der Waals surface area contributed by atoms with E-state index in [0.29, 0.717) is 20.5 Å². The molecule has 1 aliphatic heterocycles. The summed E-state index contributed by atoms with van der Waals surface area (Å²) >= 11 is 13.5. The van der Waals surface area contributed by atoms with Crippen molar-refractivity contribution in [2.75, 3.05) is 7.05 Å². The van der Waals surface area contributed by atoms with E-state index < -0.39 is 11.5 Å². The van der Waals surface area contributed by atoms with E-state index in [2.05, 4.69) is 11.1 Å². The molecule has 1 aliphatic rings. The molecular formula is C17H14Cl2N4OS. The summed E-state index contributed by atoms with van der Waals surface area (Å²) in [7, 11) is 1.58. The average Bonchev–Trinajstić information content (AvgIpc) is 3.06. The van der Waals surface area contributed by atoms with Gasteiger partial charge in [0.05, 0.1) is 16.0 Å². The maximum atomic E-state index is 13.0. The minimum Gasteiger partial charge on any atom is -0.369 e. The number of guanidine groups is 1. The van der Waals surface area contributed by atoms with E-state index in [9.17, 15) is 4.79 Å². The van der Waals surface area contributed by atoms with Crippen molar-refractivity contribution in [2.45, 2.75) is 18.4 Å². The second kappa shape index (κ2) is 6.34. The van der Waals surface area contributed by atoms with Crippen LogP contribution < -0.4 is 5.73 Å². The summed E-state index contributed by atoms with van der Waals surface area (Å²) in [5, 5.41) is 9.90. The van der Waals surface area contributed by atoms with Gasteiger partial charge in [-0.15, -0.1) is 11.3 Å². The van der Waals surface area contributed by atoms with Gasteiger partial charge in [0.1, 0.15) is 16.5 Å². The first kappa shape index (κ1) is 17.7. The predicted molar refractivity (Wildman–Crippen MR) is 100.0 cm³/mol. The quantitative estimate of drug-likeness (QED) is 0.844. The number of nitrogens with zero attached hydrogens (tertiary/aromatic N) is 3. The van der Waals surface area contributed by atoms with Gasteiger partial charge in [0.25, 0.3) is 0 Å². The molecule has 3 rings (SSSR count). The molecule has 1 unspecified atom stereocenters. The van der Waals surface area contributed by atoms with Crippen LogP contribution in [0.15, 0.2) is 35.3 Å². The molecule has 0 saturated carbocycles. The monoisotopic (exact) mass is 392 g/mol. The largest absolute Gasteiger partial charge is 0.369 e. The lowest BCUT2D eigenvalue weighted by Gasteiger charge is -2.40. The Hall–Kier alpha value is -2.07. The van der Waals surface area contributed by atoms with Gasteiger partial charge in [-0.05, 0) is 36.8 Å². The van der Waals surface area contributed by atoms with Crippen LogP contribution in [0.5, 0.6) is 0 Å². The summed E-state index contributed by atoms with van der Waals surface area (Å²) in [6.07, 6.45) is 0. The molecule has 2 N–H and O–H groups in total. The third-order valence-corrected chi connectivity index (χ3v) is 6.28. The summed E-state index contributed by atoms with van der Waals surface area (Å²) < 4.78 is 0. The molecule has 2 atom stereocenters. The summed E-state index contributed by atoms with van der Waals surface area (Å²) in [6, 6.07) is 10.7. The molecule has 0 fully saturated rings. The molecule has 2 heterocycles. The van der Waals surface area contributed by atoms with Crippen molar-refractivity contribution in [3.63, 3.8) is 0 Å². The van der Waals surface area contributed by atoms with E-state index in [-0.39, 0.29) is 11.9 Å². The van der Waals surface area contributed by atoms with Crippen LogP contribution in [0.4, 0.5) is 0 Å². The van der Waals surface area contributed by atoms with Gasteiger partial charge >= 0.3 is 0 Å². The number of hydrogen-bond donors (Lipinski definition) is 1. The van der Waals surface area contributed by atoms with E-state index in [1.165, 1.54) is 16.2 Å². The summed E-state index contributed by atoms with van der Waals surface area (Å²) in [4.78, 5) is 20.3. The highest BCUT2D eigenvalue weighted by Crippen LogP contribution is 2.46. The number of benzene rings is 1. The zero-order chi connectivity index (χ0) is 18.4. The molecule has 1 aromatic heterocycles. The van der Waals surface area contributed by atoms with Crippen molar-refractivity contribution in [3.05, 3.63) is 55.7 Å². The number of amides is 1. The van der Waals surface area contributed by atoms with Crippen molar-refractivity contribution >= 4 is 46.4 Å². The molecule has 0 radical (unpaired) electrons. The van der Waals surface area contributed by atoms with Crippen molar-refractivity contribution in [1.29, 1.82) is 5.26 Å². The van der Waals surface area contributed by atoms with Crippen LogP contribution in [-0.2, 0) is 10.3 Å². The number of likely N-dealkylation sites (N-methyl/N-ethyl adjacent to an activating group) is 1. The van der Waals surface area contributed by atoms with Crippen molar-refractivity contribution < 1.29 is 4.79 Å². The summed E-state index contributed by atoms with van der Waals surface area (Å²) in [5.74, 6) is -0.694. The minimum absolute atomic E-state index is 0.135. The lowest BCUT2D eigenvalue weighted by molar-refractivity contribution is -0.130. The smallest absolute Gasteiger partial charge is 0.239 e. The summed E-state index contributed by atoms with van der Waals surface area (Å²) in [5.41, 5.74) is 5.71. The van der Waals surface area contributed by atoms with E-state index in [0.717, 1.165) is 4.88 Å². The average molecular weight is 393 g/mol. The fourth-order valence-corrected chi connectivity index (χ4v) is 4.18. The topological polar surface area (TPSA) is 82.5 Å². The third kappa shape index (κ3) is 2.89. The number of halogens is 2. The number of hydrogen-bond acceptors (Lipinski definition) is 5. The fourth-order valence-electron chi connectivity index (χ4n) is 2.95. The van der Waals surface area contributed by atoms with E-state index in [4.69, 9.17) is 34.2 Å². The van der Waals surface area contributed by atoms with Gasteiger partial charge in [-0.3, -0.25) is 9.69 Å². The second-order valence-electron chi connectivity index (χ2n) is 5.90. The number of carbonyl (C=O) groups is 1. The van der Waals surface area contributed by atoms with Crippen LogP contribution in [0.1, 0.15) is 28.2 Å². The Kier molecular flexibility index (Phi) is 4.50. The molecule has 25 heavy (non-hydrogen) atoms. The molecular weight excluding hydrogens is 379 g/mol. The fraction of sp³-hybridized carbons (Fsp3) is 0.235. The first-order valence-corrected chi connectivity index (χ1v) is 8.93. The van der Waals surface area contributed by atoms with Gasteiger partial charge in [-0.1, -0.05) is 29.3 Å². The van der Waals surface area contributed by atoms with Crippen LogP contribution in [-0.4, -0.2) is 23.8 Å². The number of aliphatic imine (C=N–C) groups is 1. The van der Waals surface area contributed by atoms with Crippen LogP contribution >= 0.6 is 34.5 Å². The molecule has 1 amide bonds. The van der Waals surface area contributed by atoms with Gasteiger partial charge in [-0.25, -0.2) is 4.99 Å². The Morgan fingerprint density at radius 1 is 1.32 bits per heavy atom. The predicted octanol–water partition coefficient (Wildman–Crippen LogP) is 3.71. The molecule has 1 aromatic carbocycles. The zero-order valence-corrected chi connectivity index (χ0v) is 15.8. The standard InChI is InChI=1S/C17H14Cl2N4OS/c1-17(13-6-4-10(8-20)25-13)14(15(24)23(2)16(21)22-17)9-3-5-11(18)12(19)7-9/h3-7,14H,1-2H3,(H2,21,22)/t14?,17-/m1/s1. The lowest BCUT2D eigenvalue weighted by Crippen LogP contribution is -2.52. The number of nitrogens with two attached hydrogens (primary N) is 1. The maximum Gasteiger partial charge on any atom is 0.239 e. The van der Waals surface area contributed by atoms with Crippen LogP contribution in [0.25, 0.3) is 0 Å². The molecule has 0 aliphatic carbocycles. The van der Waals surface area contributed by atoms with Crippen LogP contribution in [0.2, 0.25) is 10.0 Å². The first-order valence-electron chi connectivity index (χ1n) is 7.36. The van der Waals surface area contributed by atoms with E-state index in [1.807, 2.05) is 13.0 Å². The van der Waals surface area contributed by atoms with E-state index >= 15 is 0 Å². The number of thiophene rings is 1. The Bertz CT molecular complexity index is 933. The SMILES string of the molecule is CN1C(=O)C(c2ccc(Cl)c(Cl)c2)[C@@](C)(c2ccc(C#N)s2)N=C1N. The number of nitriles is 1. The number of rotatable bonds is 2. The molecule has 2 aromatic rings. The number of carbonyl (C=O) groups excluding carboxylic acids is 1. The Balaban J connectivity index is 2.22. The van der Waals surface area contributed by atoms with Crippen LogP contribution in [0.3, 0.4) is 0 Å². The highest BCUT2D eigenvalue weighted by atomic mass is 35.5. The van der Waals surface area contributed by atoms with E-state index in [1.54, 1.807) is 31.3 Å². The highest BCUT2D eigenvalue weighted by molar-refractivity contribution is 7.12. The van der Waals surface area contributed by atoms with Crippen molar-refractivity contribution in [3.8, 4) is 6.07 Å². The Morgan fingerprint density at radius 3 is 2.64 bits per heavy atom. The van der Waals surface area contributed by atoms with Gasteiger partial charge in [-0.2, -0.15) is 5.26 Å². The van der Waals surface area contributed by atoms with Crippen molar-refractivity contribution in [1.82, 2.24) is 4.90 Å². The van der Waals surface area contributed by atoms with Gasteiger partial charge < -0.3 is 5.73 Å². The zero-order valence-electron chi connectivity index (χ0n) is 13.5. The maximum absolute atomic E-state index is 13.0. The highest BCUT2D eigenvalue weighted by Gasteiger charge is 2.48. The minimum atomic E-state index is -0.940. The van der Waals surface area contributed by atoms with Gasteiger partial charge in [0, 0.05) is 11.9 Å². The molecule has 0 bridgehead atoms. The molecule has 5 nitrogen and oxygen atoms in total. The second-order valence-corrected chi connectivity index (χ2v) is 7.80. The van der Waals surface area contributed by atoms with Crippen LogP contribution in [0, 0.1) is 11.3 Å². The normalized spacial score (nSPS) is 23.3. The lowest BCUT2D eigenvalue weighted by atomic mass is 9.78. The van der Waals surface area contributed by atoms with Gasteiger partial charge in [0.2, 0.25) is 5.91 Å². The Morgan fingerprint density at radius 2 is 2.04 bits per heavy atom. The first-order chi connectivity index (χ1) is 11.8. The molecule has 0 spiro atoms. The molecule has 128 valence electrons. The molecule has 0 saturated heterocycles. The molecule has 8 heteroatoms. The summed E-state index contributed by atoms with van der Waals surface area (Å²) in [6.45, 7) is 1.84. The Labute approximate surface area is 159 Å². The van der Waals surface area contributed by atoms with Crippen molar-refractivity contribution in [2.24, 2.45) is 10.7 Å². The third-order valence-electron chi connectivity index (χ3n) is 4.32.